The number of halogens is 3. The van der Waals surface area contributed by atoms with E-state index in [4.69, 9.17) is 34.8 Å². The van der Waals surface area contributed by atoms with Crippen LogP contribution in [-0.2, 0) is 14.6 Å². The first-order valence-electron chi connectivity index (χ1n) is 9.63. The van der Waals surface area contributed by atoms with Crippen molar-refractivity contribution in [3.05, 3.63) is 69.7 Å². The second kappa shape index (κ2) is 9.15. The third-order valence-electron chi connectivity index (χ3n) is 5.48. The standard InChI is InChI=1S/C21H21Cl3NO5PS/c1-3-21(4-2,31(26,27)28)25(32(29,30)17-12-15(22)11-16(23)13-17)20-18-8-6-5-7-14(18)9-10-19(20)24/h5-13H,3-4H2,1-2H3,(H2,26,27,28). The zero-order valence-corrected chi connectivity index (χ0v) is 21.1. The maximum absolute atomic E-state index is 14.1. The van der Waals surface area contributed by atoms with Gasteiger partial charge in [-0.2, -0.15) is 0 Å². The van der Waals surface area contributed by atoms with E-state index < -0.39 is 22.9 Å². The summed E-state index contributed by atoms with van der Waals surface area (Å²) >= 11 is 18.6. The van der Waals surface area contributed by atoms with E-state index in [0.717, 1.165) is 4.31 Å². The second-order valence-corrected chi connectivity index (χ2v) is 12.2. The predicted octanol–water partition coefficient (Wildman–Crippen LogP) is 6.69. The summed E-state index contributed by atoms with van der Waals surface area (Å²) < 4.78 is 41.8. The number of benzene rings is 3. The van der Waals surface area contributed by atoms with Crippen LogP contribution in [0, 0.1) is 0 Å². The number of hydrogen-bond acceptors (Lipinski definition) is 3. The van der Waals surface area contributed by atoms with Crippen molar-refractivity contribution >= 4 is 68.9 Å². The van der Waals surface area contributed by atoms with E-state index in [1.54, 1.807) is 30.3 Å². The SMILES string of the molecule is CCC(CC)(N(c1c(Cl)ccc2ccccc12)S(=O)(=O)c1cc(Cl)cc(Cl)c1)P(=O)(O)O. The fraction of sp³-hybridized carbons (Fsp3) is 0.238. The van der Waals surface area contributed by atoms with Crippen molar-refractivity contribution in [3.8, 4) is 0 Å². The molecule has 0 aliphatic rings. The fourth-order valence-electron chi connectivity index (χ4n) is 3.84. The topological polar surface area (TPSA) is 94.9 Å². The van der Waals surface area contributed by atoms with Crippen LogP contribution in [0.15, 0.2) is 59.5 Å². The molecule has 0 saturated carbocycles. The maximum atomic E-state index is 14.1. The summed E-state index contributed by atoms with van der Waals surface area (Å²) in [5, 5.41) is -0.863. The van der Waals surface area contributed by atoms with Gasteiger partial charge in [-0.05, 0) is 42.5 Å². The van der Waals surface area contributed by atoms with Gasteiger partial charge in [0.15, 0.2) is 5.28 Å². The Labute approximate surface area is 201 Å². The van der Waals surface area contributed by atoms with Crippen LogP contribution in [-0.4, -0.2) is 23.5 Å². The Bertz CT molecular complexity index is 1300. The van der Waals surface area contributed by atoms with Crippen molar-refractivity contribution in [1.29, 1.82) is 0 Å². The molecule has 3 rings (SSSR count). The molecule has 0 saturated heterocycles. The Morgan fingerprint density at radius 2 is 1.50 bits per heavy atom. The summed E-state index contributed by atoms with van der Waals surface area (Å²) in [6.07, 6.45) is -0.359. The zero-order chi connectivity index (χ0) is 23.9. The predicted molar refractivity (Wildman–Crippen MR) is 130 cm³/mol. The molecule has 0 bridgehead atoms. The first-order chi connectivity index (χ1) is 14.9. The molecular formula is C21H21Cl3NO5PS. The minimum Gasteiger partial charge on any atom is -0.323 e. The van der Waals surface area contributed by atoms with Crippen LogP contribution in [0.5, 0.6) is 0 Å². The van der Waals surface area contributed by atoms with Gasteiger partial charge in [0.25, 0.3) is 10.0 Å². The average molecular weight is 537 g/mol. The molecule has 0 unspecified atom stereocenters. The second-order valence-electron chi connectivity index (χ2n) is 7.23. The molecule has 32 heavy (non-hydrogen) atoms. The van der Waals surface area contributed by atoms with Crippen LogP contribution < -0.4 is 4.31 Å². The highest BCUT2D eigenvalue weighted by Gasteiger charge is 2.54. The molecule has 3 aromatic carbocycles. The molecule has 11 heteroatoms. The zero-order valence-electron chi connectivity index (χ0n) is 17.2. The van der Waals surface area contributed by atoms with E-state index in [9.17, 15) is 22.8 Å². The van der Waals surface area contributed by atoms with E-state index in [0.29, 0.717) is 10.8 Å². The molecule has 3 aromatic rings. The third-order valence-corrected chi connectivity index (χ3v) is 10.1. The smallest absolute Gasteiger partial charge is 0.323 e. The molecular weight excluding hydrogens is 516 g/mol. The summed E-state index contributed by atoms with van der Waals surface area (Å²) in [6, 6.07) is 13.8. The normalized spacial score (nSPS) is 12.8. The van der Waals surface area contributed by atoms with Crippen LogP contribution in [0.2, 0.25) is 15.1 Å². The van der Waals surface area contributed by atoms with E-state index in [1.807, 2.05) is 0 Å². The van der Waals surface area contributed by atoms with Crippen LogP contribution in [0.3, 0.4) is 0 Å². The number of rotatable bonds is 7. The van der Waals surface area contributed by atoms with Crippen LogP contribution in [0.25, 0.3) is 10.8 Å². The minimum absolute atomic E-state index is 0.0205. The number of anilines is 1. The summed E-state index contributed by atoms with van der Waals surface area (Å²) in [5.41, 5.74) is -0.0205. The summed E-state index contributed by atoms with van der Waals surface area (Å²) in [4.78, 5) is 20.6. The van der Waals surface area contributed by atoms with Gasteiger partial charge in [0.2, 0.25) is 0 Å². The van der Waals surface area contributed by atoms with Crippen molar-refractivity contribution < 1.29 is 22.8 Å². The highest BCUT2D eigenvalue weighted by molar-refractivity contribution is 7.93. The lowest BCUT2D eigenvalue weighted by Gasteiger charge is -2.44. The molecule has 0 aliphatic heterocycles. The van der Waals surface area contributed by atoms with Gasteiger partial charge in [-0.1, -0.05) is 79.0 Å². The first-order valence-corrected chi connectivity index (χ1v) is 13.8. The Morgan fingerprint density at radius 3 is 2.03 bits per heavy atom. The molecule has 0 amide bonds. The van der Waals surface area contributed by atoms with E-state index in [-0.39, 0.29) is 38.5 Å². The van der Waals surface area contributed by atoms with Crippen LogP contribution in [0.4, 0.5) is 5.69 Å². The van der Waals surface area contributed by atoms with Gasteiger partial charge in [0.1, 0.15) is 0 Å². The Morgan fingerprint density at radius 1 is 0.938 bits per heavy atom. The molecule has 0 atom stereocenters. The van der Waals surface area contributed by atoms with Gasteiger partial charge in [-0.25, -0.2) is 12.7 Å². The van der Waals surface area contributed by atoms with Gasteiger partial charge in [-0.3, -0.25) is 4.57 Å². The van der Waals surface area contributed by atoms with Crippen LogP contribution in [0.1, 0.15) is 26.7 Å². The highest BCUT2D eigenvalue weighted by Crippen LogP contribution is 2.60. The van der Waals surface area contributed by atoms with Gasteiger partial charge < -0.3 is 9.79 Å². The van der Waals surface area contributed by atoms with Crippen molar-refractivity contribution in [2.24, 2.45) is 0 Å². The number of nitrogens with zero attached hydrogens (tertiary/aromatic N) is 1. The fourth-order valence-corrected chi connectivity index (χ4v) is 8.50. The van der Waals surface area contributed by atoms with E-state index >= 15 is 0 Å². The molecule has 0 fully saturated rings. The summed E-state index contributed by atoms with van der Waals surface area (Å²) in [6.45, 7) is 3.05. The van der Waals surface area contributed by atoms with Gasteiger partial charge >= 0.3 is 7.60 Å². The van der Waals surface area contributed by atoms with Crippen molar-refractivity contribution in [1.82, 2.24) is 0 Å². The molecule has 0 spiro atoms. The molecule has 172 valence electrons. The Kier molecular flexibility index (Phi) is 7.24. The lowest BCUT2D eigenvalue weighted by molar-refractivity contribution is 0.317. The average Bonchev–Trinajstić information content (AvgIpc) is 2.71. The quantitative estimate of drug-likeness (QED) is 0.328. The third kappa shape index (κ3) is 4.28. The number of sulfonamides is 1. The number of fused-ring (bicyclic) bond motifs is 1. The lowest BCUT2D eigenvalue weighted by atomic mass is 10.1. The van der Waals surface area contributed by atoms with Gasteiger partial charge in [0, 0.05) is 15.4 Å². The molecule has 2 N–H and O–H groups in total. The first kappa shape index (κ1) is 25.3. The van der Waals surface area contributed by atoms with Crippen molar-refractivity contribution in [2.45, 2.75) is 36.9 Å². The Balaban J connectivity index is 2.52. The number of hydrogen-bond donors (Lipinski definition) is 2. The molecule has 0 heterocycles. The molecule has 0 aromatic heterocycles. The van der Waals surface area contributed by atoms with Gasteiger partial charge in [-0.15, -0.1) is 0 Å². The van der Waals surface area contributed by atoms with Crippen molar-refractivity contribution in [3.63, 3.8) is 0 Å². The maximum Gasteiger partial charge on any atom is 0.351 e. The molecule has 0 aliphatic carbocycles. The molecule has 6 nitrogen and oxygen atoms in total. The monoisotopic (exact) mass is 535 g/mol. The minimum atomic E-state index is -5.04. The van der Waals surface area contributed by atoms with E-state index in [2.05, 4.69) is 0 Å². The van der Waals surface area contributed by atoms with Crippen molar-refractivity contribution in [2.75, 3.05) is 4.31 Å². The van der Waals surface area contributed by atoms with E-state index in [1.165, 1.54) is 38.1 Å². The summed E-state index contributed by atoms with van der Waals surface area (Å²) in [7, 11) is -9.64. The lowest BCUT2D eigenvalue weighted by Crippen LogP contribution is -2.51. The highest BCUT2D eigenvalue weighted by atomic mass is 35.5. The largest absolute Gasteiger partial charge is 0.351 e. The van der Waals surface area contributed by atoms with Gasteiger partial charge in [0.05, 0.1) is 15.6 Å². The Hall–Kier alpha value is -1.31. The van der Waals surface area contributed by atoms with Crippen LogP contribution >= 0.6 is 42.4 Å². The molecule has 0 radical (unpaired) electrons. The summed E-state index contributed by atoms with van der Waals surface area (Å²) in [5.74, 6) is 0.